The number of rotatable bonds is 3. The molecule has 0 aliphatic heterocycles. The highest BCUT2D eigenvalue weighted by Gasteiger charge is 1.96. The summed E-state index contributed by atoms with van der Waals surface area (Å²) in [5.74, 6) is 0.689. The van der Waals surface area contributed by atoms with Crippen LogP contribution in [0.4, 0.5) is 0 Å². The number of carbonyl (C=O) groups is 1. The van der Waals surface area contributed by atoms with E-state index in [9.17, 15) is 4.79 Å². The van der Waals surface area contributed by atoms with Crippen LogP contribution in [0, 0.1) is 18.3 Å². The van der Waals surface area contributed by atoms with Crippen molar-refractivity contribution in [2.24, 2.45) is 0 Å². The summed E-state index contributed by atoms with van der Waals surface area (Å²) in [6.45, 7) is 3.48. The first-order valence-electron chi connectivity index (χ1n) is 4.94. The largest absolute Gasteiger partial charge is 0.288 e. The number of hydrogen-bond acceptors (Lipinski definition) is 3. The lowest BCUT2D eigenvalue weighted by atomic mass is 10.1. The molecule has 0 fully saturated rings. The maximum absolute atomic E-state index is 10.7. The number of hydrogen-bond donors (Lipinski definition) is 0. The fraction of sp³-hybridized carbons (Fsp3) is 0.231. The van der Waals surface area contributed by atoms with Gasteiger partial charge in [-0.05, 0) is 24.1 Å². The van der Waals surface area contributed by atoms with Crippen molar-refractivity contribution < 1.29 is 4.79 Å². The summed E-state index contributed by atoms with van der Waals surface area (Å²) in [5, 5.41) is 8.90. The lowest BCUT2D eigenvalue weighted by Crippen LogP contribution is -1.84. The van der Waals surface area contributed by atoms with Crippen LogP contribution in [0.5, 0.6) is 0 Å². The van der Waals surface area contributed by atoms with Crippen LogP contribution >= 0.6 is 11.8 Å². The average Bonchev–Trinajstić information content (AvgIpc) is 2.24. The van der Waals surface area contributed by atoms with E-state index in [1.807, 2.05) is 37.3 Å². The van der Waals surface area contributed by atoms with Gasteiger partial charge in [-0.2, -0.15) is 5.26 Å². The van der Waals surface area contributed by atoms with Crippen LogP contribution in [0.2, 0.25) is 0 Å². The Morgan fingerprint density at radius 3 is 2.88 bits per heavy atom. The molecule has 82 valence electrons. The third kappa shape index (κ3) is 3.92. The number of thioether (sulfide) groups is 1. The molecule has 16 heavy (non-hydrogen) atoms. The van der Waals surface area contributed by atoms with E-state index in [0.29, 0.717) is 11.3 Å². The average molecular weight is 231 g/mol. The van der Waals surface area contributed by atoms with E-state index in [2.05, 4.69) is 6.07 Å². The monoisotopic (exact) mass is 231 g/mol. The highest BCUT2D eigenvalue weighted by Crippen LogP contribution is 2.12. The molecule has 1 aromatic carbocycles. The second-order valence-corrected chi connectivity index (χ2v) is 4.59. The first-order chi connectivity index (χ1) is 7.63. The normalized spacial score (nSPS) is 10.3. The second kappa shape index (κ2) is 6.14. The predicted molar refractivity (Wildman–Crippen MR) is 68.1 cm³/mol. The number of nitrogens with zero attached hydrogens (tertiary/aromatic N) is 1. The number of benzene rings is 1. The molecular weight excluding hydrogens is 218 g/mol. The molecule has 0 aliphatic rings. The Hall–Kier alpha value is -1.53. The third-order valence-corrected chi connectivity index (χ3v) is 2.83. The second-order valence-electron chi connectivity index (χ2n) is 3.39. The molecule has 0 bridgehead atoms. The van der Waals surface area contributed by atoms with Gasteiger partial charge in [0.25, 0.3) is 0 Å². The number of carbonyl (C=O) groups excluding carboxylic acids is 1. The molecule has 0 saturated carbocycles. The summed E-state index contributed by atoms with van der Waals surface area (Å²) in [6, 6.07) is 7.81. The van der Waals surface area contributed by atoms with Crippen LogP contribution < -0.4 is 0 Å². The van der Waals surface area contributed by atoms with E-state index in [1.165, 1.54) is 11.8 Å². The molecular formula is C13H13NOS. The van der Waals surface area contributed by atoms with Crippen LogP contribution in [0.25, 0.3) is 6.08 Å². The number of aryl methyl sites for hydroxylation is 1. The van der Waals surface area contributed by atoms with Gasteiger partial charge in [-0.15, -0.1) is 0 Å². The molecule has 0 heterocycles. The van der Waals surface area contributed by atoms with Crippen molar-refractivity contribution >= 4 is 23.0 Å². The van der Waals surface area contributed by atoms with Crippen molar-refractivity contribution in [3.05, 3.63) is 41.0 Å². The fourth-order valence-electron chi connectivity index (χ4n) is 1.27. The lowest BCUT2D eigenvalue weighted by Gasteiger charge is -1.98. The Balaban J connectivity index is 2.65. The van der Waals surface area contributed by atoms with Crippen LogP contribution in [-0.4, -0.2) is 10.9 Å². The van der Waals surface area contributed by atoms with E-state index < -0.39 is 0 Å². The maximum Gasteiger partial charge on any atom is 0.186 e. The Labute approximate surface area is 100.0 Å². The summed E-state index contributed by atoms with van der Waals surface area (Å²) in [7, 11) is 0. The molecule has 0 N–H and O–H groups in total. The van der Waals surface area contributed by atoms with E-state index in [1.54, 1.807) is 6.92 Å². The standard InChI is InChI=1S/C13H13NOS/c1-10-8-12(5-6-13(10)9-14)4-3-7-16-11(2)15/h3-6,8H,7H2,1-2H3. The molecule has 1 rings (SSSR count). The fourth-order valence-corrected chi connectivity index (χ4v) is 1.69. The minimum atomic E-state index is 0.126. The molecule has 0 aliphatic carbocycles. The van der Waals surface area contributed by atoms with Crippen molar-refractivity contribution in [2.45, 2.75) is 13.8 Å². The first kappa shape index (κ1) is 12.5. The Bertz CT molecular complexity index is 457. The Morgan fingerprint density at radius 2 is 2.31 bits per heavy atom. The molecule has 2 nitrogen and oxygen atoms in total. The van der Waals surface area contributed by atoms with Gasteiger partial charge in [0.1, 0.15) is 0 Å². The summed E-state index contributed by atoms with van der Waals surface area (Å²) in [4.78, 5) is 10.7. The van der Waals surface area contributed by atoms with Crippen LogP contribution in [0.1, 0.15) is 23.6 Å². The summed E-state index contributed by atoms with van der Waals surface area (Å²) in [5.41, 5.74) is 2.74. The van der Waals surface area contributed by atoms with Crippen molar-refractivity contribution in [1.29, 1.82) is 5.26 Å². The molecule has 0 atom stereocenters. The van der Waals surface area contributed by atoms with Crippen molar-refractivity contribution in [3.8, 4) is 6.07 Å². The zero-order chi connectivity index (χ0) is 12.0. The molecule has 0 spiro atoms. The van der Waals surface area contributed by atoms with Crippen molar-refractivity contribution in [3.63, 3.8) is 0 Å². The van der Waals surface area contributed by atoms with E-state index in [4.69, 9.17) is 5.26 Å². The Kier molecular flexibility index (Phi) is 4.81. The molecule has 0 amide bonds. The quantitative estimate of drug-likeness (QED) is 0.802. The molecule has 0 saturated heterocycles. The van der Waals surface area contributed by atoms with Gasteiger partial charge >= 0.3 is 0 Å². The van der Waals surface area contributed by atoms with E-state index in [0.717, 1.165) is 11.1 Å². The lowest BCUT2D eigenvalue weighted by molar-refractivity contribution is -0.109. The molecule has 0 unspecified atom stereocenters. The molecule has 0 aromatic heterocycles. The summed E-state index contributed by atoms with van der Waals surface area (Å²) < 4.78 is 0. The molecule has 3 heteroatoms. The minimum absolute atomic E-state index is 0.126. The minimum Gasteiger partial charge on any atom is -0.288 e. The van der Waals surface area contributed by atoms with Gasteiger partial charge in [0, 0.05) is 12.7 Å². The smallest absolute Gasteiger partial charge is 0.186 e. The highest BCUT2D eigenvalue weighted by atomic mass is 32.2. The van der Waals surface area contributed by atoms with Gasteiger partial charge in [0.15, 0.2) is 5.12 Å². The third-order valence-electron chi connectivity index (χ3n) is 2.06. The summed E-state index contributed by atoms with van der Waals surface area (Å²) in [6.07, 6.45) is 3.91. The van der Waals surface area contributed by atoms with Gasteiger partial charge in [0.05, 0.1) is 11.6 Å². The topological polar surface area (TPSA) is 40.9 Å². The molecule has 1 aromatic rings. The van der Waals surface area contributed by atoms with Gasteiger partial charge in [-0.25, -0.2) is 0 Å². The highest BCUT2D eigenvalue weighted by molar-refractivity contribution is 8.13. The van der Waals surface area contributed by atoms with Gasteiger partial charge in [0.2, 0.25) is 0 Å². The first-order valence-corrected chi connectivity index (χ1v) is 5.92. The van der Waals surface area contributed by atoms with Crippen molar-refractivity contribution in [1.82, 2.24) is 0 Å². The number of nitriles is 1. The maximum atomic E-state index is 10.7. The van der Waals surface area contributed by atoms with Gasteiger partial charge < -0.3 is 0 Å². The van der Waals surface area contributed by atoms with Crippen LogP contribution in [0.15, 0.2) is 24.3 Å². The van der Waals surface area contributed by atoms with Crippen molar-refractivity contribution in [2.75, 3.05) is 5.75 Å². The predicted octanol–water partition coefficient (Wildman–Crippen LogP) is 3.16. The zero-order valence-corrected chi connectivity index (χ0v) is 10.2. The van der Waals surface area contributed by atoms with Gasteiger partial charge in [-0.1, -0.05) is 36.0 Å². The molecule has 0 radical (unpaired) electrons. The zero-order valence-electron chi connectivity index (χ0n) is 9.36. The van der Waals surface area contributed by atoms with E-state index in [-0.39, 0.29) is 5.12 Å². The van der Waals surface area contributed by atoms with Gasteiger partial charge in [-0.3, -0.25) is 4.79 Å². The Morgan fingerprint density at radius 1 is 1.56 bits per heavy atom. The summed E-state index contributed by atoms with van der Waals surface area (Å²) >= 11 is 1.28. The van der Waals surface area contributed by atoms with Crippen LogP contribution in [0.3, 0.4) is 0 Å². The van der Waals surface area contributed by atoms with Crippen LogP contribution in [-0.2, 0) is 4.79 Å². The SMILES string of the molecule is CC(=O)SCC=Cc1ccc(C#N)c(C)c1. The van der Waals surface area contributed by atoms with E-state index >= 15 is 0 Å².